The summed E-state index contributed by atoms with van der Waals surface area (Å²) in [5, 5.41) is 3.99. The first kappa shape index (κ1) is 13.0. The summed E-state index contributed by atoms with van der Waals surface area (Å²) in [6.45, 7) is 2.94. The van der Waals surface area contributed by atoms with Crippen molar-refractivity contribution in [2.75, 3.05) is 26.2 Å². The Morgan fingerprint density at radius 1 is 1.12 bits per heavy atom. The molecule has 0 radical (unpaired) electrons. The molecule has 0 atom stereocenters. The lowest BCUT2D eigenvalue weighted by Gasteiger charge is -2.27. The fourth-order valence-electron chi connectivity index (χ4n) is 1.73. The van der Waals surface area contributed by atoms with Gasteiger partial charge in [-0.15, -0.1) is 0 Å². The monoisotopic (exact) mass is 292 g/mol. The lowest BCUT2D eigenvalue weighted by Crippen LogP contribution is -2.46. The molecule has 1 heterocycles. The van der Waals surface area contributed by atoms with Gasteiger partial charge in [0.25, 0.3) is 5.91 Å². The van der Waals surface area contributed by atoms with E-state index in [0.29, 0.717) is 23.7 Å². The fourth-order valence-corrected chi connectivity index (χ4v) is 2.35. The summed E-state index contributed by atoms with van der Waals surface area (Å²) in [5.41, 5.74) is 0.406. The number of hydrogen-bond acceptors (Lipinski definition) is 2. The molecule has 0 saturated carbocycles. The van der Waals surface area contributed by atoms with Crippen molar-refractivity contribution >= 4 is 40.7 Å². The van der Waals surface area contributed by atoms with Crippen molar-refractivity contribution in [3.05, 3.63) is 32.8 Å². The number of rotatable bonds is 1. The highest BCUT2D eigenvalue weighted by molar-refractivity contribution is 6.49. The van der Waals surface area contributed by atoms with Crippen LogP contribution in [0.4, 0.5) is 0 Å². The molecule has 1 aromatic carbocycles. The number of piperazine rings is 1. The van der Waals surface area contributed by atoms with Crippen molar-refractivity contribution in [2.45, 2.75) is 0 Å². The molecule has 17 heavy (non-hydrogen) atoms. The quantitative estimate of drug-likeness (QED) is 0.808. The Labute approximate surface area is 115 Å². The molecule has 1 saturated heterocycles. The first-order valence-electron chi connectivity index (χ1n) is 5.24. The minimum absolute atomic E-state index is 0.102. The third kappa shape index (κ3) is 2.68. The second-order valence-electron chi connectivity index (χ2n) is 3.77. The van der Waals surface area contributed by atoms with Crippen molar-refractivity contribution in [1.82, 2.24) is 10.2 Å². The van der Waals surface area contributed by atoms with Gasteiger partial charge in [-0.2, -0.15) is 0 Å². The lowest BCUT2D eigenvalue weighted by atomic mass is 10.2. The van der Waals surface area contributed by atoms with E-state index in [1.807, 2.05) is 0 Å². The molecule has 1 N–H and O–H groups in total. The van der Waals surface area contributed by atoms with E-state index in [2.05, 4.69) is 5.32 Å². The van der Waals surface area contributed by atoms with Crippen LogP contribution in [0, 0.1) is 0 Å². The average Bonchev–Trinajstić information content (AvgIpc) is 2.36. The summed E-state index contributed by atoms with van der Waals surface area (Å²) in [6.07, 6.45) is 0. The summed E-state index contributed by atoms with van der Waals surface area (Å²) < 4.78 is 0. The van der Waals surface area contributed by atoms with E-state index in [1.165, 1.54) is 0 Å². The molecular weight excluding hydrogens is 282 g/mol. The van der Waals surface area contributed by atoms with Crippen molar-refractivity contribution in [2.24, 2.45) is 0 Å². The van der Waals surface area contributed by atoms with E-state index in [1.54, 1.807) is 17.0 Å². The van der Waals surface area contributed by atoms with E-state index >= 15 is 0 Å². The Balaban J connectivity index is 2.27. The molecular formula is C11H11Cl3N2O. The van der Waals surface area contributed by atoms with Crippen molar-refractivity contribution < 1.29 is 4.79 Å². The zero-order chi connectivity index (χ0) is 12.4. The van der Waals surface area contributed by atoms with Crippen LogP contribution in [-0.2, 0) is 0 Å². The van der Waals surface area contributed by atoms with Crippen molar-refractivity contribution in [1.29, 1.82) is 0 Å². The number of carbonyl (C=O) groups is 1. The summed E-state index contributed by atoms with van der Waals surface area (Å²) in [6, 6.07) is 3.20. The van der Waals surface area contributed by atoms with E-state index in [4.69, 9.17) is 34.8 Å². The van der Waals surface area contributed by atoms with Gasteiger partial charge in [-0.25, -0.2) is 0 Å². The highest BCUT2D eigenvalue weighted by atomic mass is 35.5. The smallest absolute Gasteiger partial charge is 0.255 e. The van der Waals surface area contributed by atoms with E-state index in [-0.39, 0.29) is 16.0 Å². The highest BCUT2D eigenvalue weighted by Crippen LogP contribution is 2.33. The van der Waals surface area contributed by atoms with Gasteiger partial charge < -0.3 is 10.2 Å². The first-order valence-corrected chi connectivity index (χ1v) is 6.38. The van der Waals surface area contributed by atoms with Gasteiger partial charge >= 0.3 is 0 Å². The van der Waals surface area contributed by atoms with Crippen LogP contribution in [0.1, 0.15) is 10.4 Å². The number of hydrogen-bond donors (Lipinski definition) is 1. The van der Waals surface area contributed by atoms with Gasteiger partial charge in [0.05, 0.1) is 20.6 Å². The molecule has 1 aromatic rings. The minimum atomic E-state index is -0.102. The topological polar surface area (TPSA) is 32.3 Å². The van der Waals surface area contributed by atoms with Crippen molar-refractivity contribution in [3.8, 4) is 0 Å². The van der Waals surface area contributed by atoms with Crippen LogP contribution in [0.3, 0.4) is 0 Å². The zero-order valence-corrected chi connectivity index (χ0v) is 11.2. The molecule has 1 aliphatic rings. The SMILES string of the molecule is O=C(c1ccc(Cl)c(Cl)c1Cl)N1CCNCC1. The summed E-state index contributed by atoms with van der Waals surface area (Å²) in [5.74, 6) is -0.102. The molecule has 0 bridgehead atoms. The number of nitrogens with one attached hydrogen (secondary N) is 1. The molecule has 0 aliphatic carbocycles. The highest BCUT2D eigenvalue weighted by Gasteiger charge is 2.21. The maximum Gasteiger partial charge on any atom is 0.255 e. The maximum atomic E-state index is 12.2. The molecule has 92 valence electrons. The number of benzene rings is 1. The number of nitrogens with zero attached hydrogens (tertiary/aromatic N) is 1. The van der Waals surface area contributed by atoms with Crippen LogP contribution in [0.2, 0.25) is 15.1 Å². The number of amides is 1. The molecule has 6 heteroatoms. The number of halogens is 3. The Morgan fingerprint density at radius 3 is 2.41 bits per heavy atom. The van der Waals surface area contributed by atoms with Crippen LogP contribution in [-0.4, -0.2) is 37.0 Å². The van der Waals surface area contributed by atoms with Crippen molar-refractivity contribution in [3.63, 3.8) is 0 Å². The van der Waals surface area contributed by atoms with Gasteiger partial charge in [0, 0.05) is 26.2 Å². The predicted octanol–water partition coefficient (Wildman–Crippen LogP) is 2.69. The molecule has 1 aliphatic heterocycles. The first-order chi connectivity index (χ1) is 8.11. The van der Waals surface area contributed by atoms with E-state index in [9.17, 15) is 4.79 Å². The molecule has 2 rings (SSSR count). The fraction of sp³-hybridized carbons (Fsp3) is 0.364. The molecule has 0 spiro atoms. The van der Waals surface area contributed by atoms with Crippen LogP contribution in [0.15, 0.2) is 12.1 Å². The molecule has 0 aromatic heterocycles. The Bertz CT molecular complexity index is 445. The largest absolute Gasteiger partial charge is 0.336 e. The van der Waals surface area contributed by atoms with Gasteiger partial charge in [0.1, 0.15) is 0 Å². The maximum absolute atomic E-state index is 12.2. The number of carbonyl (C=O) groups excluding carboxylic acids is 1. The summed E-state index contributed by atoms with van der Waals surface area (Å²) >= 11 is 17.8. The van der Waals surface area contributed by atoms with Crippen LogP contribution in [0.5, 0.6) is 0 Å². The summed E-state index contributed by atoms with van der Waals surface area (Å²) in [4.78, 5) is 13.9. The summed E-state index contributed by atoms with van der Waals surface area (Å²) in [7, 11) is 0. The Morgan fingerprint density at radius 2 is 1.76 bits per heavy atom. The Kier molecular flexibility index (Phi) is 4.15. The second-order valence-corrected chi connectivity index (χ2v) is 4.93. The van der Waals surface area contributed by atoms with E-state index < -0.39 is 0 Å². The molecule has 3 nitrogen and oxygen atoms in total. The van der Waals surface area contributed by atoms with Crippen LogP contribution < -0.4 is 5.32 Å². The lowest BCUT2D eigenvalue weighted by molar-refractivity contribution is 0.0736. The van der Waals surface area contributed by atoms with Crippen LogP contribution >= 0.6 is 34.8 Å². The molecule has 1 amide bonds. The minimum Gasteiger partial charge on any atom is -0.336 e. The van der Waals surface area contributed by atoms with E-state index in [0.717, 1.165) is 13.1 Å². The molecule has 1 fully saturated rings. The Hall–Kier alpha value is -0.480. The van der Waals surface area contributed by atoms with Crippen LogP contribution in [0.25, 0.3) is 0 Å². The average molecular weight is 294 g/mol. The van der Waals surface area contributed by atoms with Gasteiger partial charge in [0.2, 0.25) is 0 Å². The second kappa shape index (κ2) is 5.44. The zero-order valence-electron chi connectivity index (χ0n) is 8.97. The third-order valence-electron chi connectivity index (χ3n) is 2.67. The molecule has 0 unspecified atom stereocenters. The standard InChI is InChI=1S/C11H11Cl3N2O/c12-8-2-1-7(9(13)10(8)14)11(17)16-5-3-15-4-6-16/h1-2,15H,3-6H2. The van der Waals surface area contributed by atoms with Gasteiger partial charge in [0.15, 0.2) is 0 Å². The van der Waals surface area contributed by atoms with Gasteiger partial charge in [-0.1, -0.05) is 34.8 Å². The predicted molar refractivity (Wildman–Crippen MR) is 70.2 cm³/mol. The van der Waals surface area contributed by atoms with Gasteiger partial charge in [-0.05, 0) is 12.1 Å². The third-order valence-corrected chi connectivity index (χ3v) is 3.96. The van der Waals surface area contributed by atoms with Gasteiger partial charge in [-0.3, -0.25) is 4.79 Å². The normalized spacial score (nSPS) is 16.1.